The number of aromatic nitrogens is 1. The summed E-state index contributed by atoms with van der Waals surface area (Å²) in [6, 6.07) is 2.13. The quantitative estimate of drug-likeness (QED) is 0.710. The van der Waals surface area contributed by atoms with Gasteiger partial charge in [-0.15, -0.1) is 0 Å². The van der Waals surface area contributed by atoms with Crippen LogP contribution >= 0.6 is 11.3 Å². The van der Waals surface area contributed by atoms with Crippen LogP contribution in [0.25, 0.3) is 0 Å². The van der Waals surface area contributed by atoms with E-state index in [0.29, 0.717) is 4.88 Å². The number of nitriles is 1. The summed E-state index contributed by atoms with van der Waals surface area (Å²) in [4.78, 5) is 7.29. The third kappa shape index (κ3) is 2.05. The summed E-state index contributed by atoms with van der Waals surface area (Å²) in [7, 11) is 0. The Balaban J connectivity index is 2.09. The zero-order chi connectivity index (χ0) is 9.80. The molecule has 0 aliphatic carbocycles. The Morgan fingerprint density at radius 1 is 1.29 bits per heavy atom. The van der Waals surface area contributed by atoms with Crippen molar-refractivity contribution in [3.05, 3.63) is 11.1 Å². The van der Waals surface area contributed by atoms with Gasteiger partial charge in [-0.3, -0.25) is 0 Å². The molecular weight excluding hydrogens is 194 g/mol. The van der Waals surface area contributed by atoms with E-state index in [2.05, 4.69) is 16.0 Å². The van der Waals surface area contributed by atoms with Crippen LogP contribution in [0.1, 0.15) is 30.6 Å². The van der Waals surface area contributed by atoms with Gasteiger partial charge in [0.2, 0.25) is 0 Å². The molecule has 1 aliphatic rings. The molecule has 1 aliphatic heterocycles. The van der Waals surface area contributed by atoms with Gasteiger partial charge in [-0.2, -0.15) is 5.26 Å². The maximum absolute atomic E-state index is 8.71. The molecule has 0 N–H and O–H groups in total. The number of hydrogen-bond acceptors (Lipinski definition) is 4. The van der Waals surface area contributed by atoms with E-state index in [1.54, 1.807) is 6.20 Å². The fourth-order valence-electron chi connectivity index (χ4n) is 1.72. The molecule has 2 heterocycles. The Morgan fingerprint density at radius 2 is 2.00 bits per heavy atom. The summed E-state index contributed by atoms with van der Waals surface area (Å²) < 4.78 is 0. The second kappa shape index (κ2) is 4.43. The Morgan fingerprint density at radius 3 is 2.57 bits per heavy atom. The molecular formula is C10H13N3S. The minimum Gasteiger partial charge on any atom is -0.348 e. The Bertz CT molecular complexity index is 331. The first-order valence-electron chi connectivity index (χ1n) is 5.01. The van der Waals surface area contributed by atoms with Crippen LogP contribution in [0.3, 0.4) is 0 Å². The molecule has 1 fully saturated rings. The molecule has 0 aromatic carbocycles. The van der Waals surface area contributed by atoms with Crippen molar-refractivity contribution in [2.75, 3.05) is 18.0 Å². The molecule has 0 spiro atoms. The van der Waals surface area contributed by atoms with Crippen LogP contribution in [0, 0.1) is 11.3 Å². The Labute approximate surface area is 88.0 Å². The minimum atomic E-state index is 0.712. The van der Waals surface area contributed by atoms with Crippen molar-refractivity contribution in [3.8, 4) is 6.07 Å². The van der Waals surface area contributed by atoms with E-state index in [-0.39, 0.29) is 0 Å². The topological polar surface area (TPSA) is 39.9 Å². The van der Waals surface area contributed by atoms with Gasteiger partial charge >= 0.3 is 0 Å². The molecule has 0 unspecified atom stereocenters. The van der Waals surface area contributed by atoms with Gasteiger partial charge in [0.05, 0.1) is 6.20 Å². The molecule has 0 amide bonds. The van der Waals surface area contributed by atoms with E-state index in [4.69, 9.17) is 5.26 Å². The molecule has 1 saturated heterocycles. The Hall–Kier alpha value is -1.08. The van der Waals surface area contributed by atoms with Crippen molar-refractivity contribution in [1.82, 2.24) is 4.98 Å². The number of anilines is 1. The zero-order valence-corrected chi connectivity index (χ0v) is 8.89. The first-order valence-corrected chi connectivity index (χ1v) is 5.82. The molecule has 0 saturated carbocycles. The molecule has 0 atom stereocenters. The number of nitrogens with zero attached hydrogens (tertiary/aromatic N) is 3. The fourth-order valence-corrected chi connectivity index (χ4v) is 2.49. The molecule has 4 heteroatoms. The highest BCUT2D eigenvalue weighted by Crippen LogP contribution is 2.24. The van der Waals surface area contributed by atoms with Gasteiger partial charge < -0.3 is 4.90 Å². The van der Waals surface area contributed by atoms with E-state index in [1.165, 1.54) is 37.0 Å². The lowest BCUT2D eigenvalue weighted by Crippen LogP contribution is -2.23. The summed E-state index contributed by atoms with van der Waals surface area (Å²) in [5.74, 6) is 0. The van der Waals surface area contributed by atoms with E-state index >= 15 is 0 Å². The number of hydrogen-bond donors (Lipinski definition) is 0. The smallest absolute Gasteiger partial charge is 0.186 e. The van der Waals surface area contributed by atoms with Crippen LogP contribution in [0.2, 0.25) is 0 Å². The van der Waals surface area contributed by atoms with Crippen LogP contribution in [-0.2, 0) is 0 Å². The first kappa shape index (κ1) is 9.47. The van der Waals surface area contributed by atoms with Gasteiger partial charge in [0.1, 0.15) is 10.9 Å². The minimum absolute atomic E-state index is 0.712. The molecule has 0 radical (unpaired) electrons. The summed E-state index contributed by atoms with van der Waals surface area (Å²) in [6.07, 6.45) is 6.83. The number of rotatable bonds is 1. The first-order chi connectivity index (χ1) is 6.90. The van der Waals surface area contributed by atoms with Crippen molar-refractivity contribution < 1.29 is 0 Å². The van der Waals surface area contributed by atoms with Crippen molar-refractivity contribution in [2.45, 2.75) is 25.7 Å². The largest absolute Gasteiger partial charge is 0.348 e. The van der Waals surface area contributed by atoms with E-state index in [0.717, 1.165) is 18.2 Å². The van der Waals surface area contributed by atoms with Gasteiger partial charge in [-0.25, -0.2) is 4.98 Å². The van der Waals surface area contributed by atoms with E-state index in [9.17, 15) is 0 Å². The third-order valence-corrected chi connectivity index (χ3v) is 3.44. The van der Waals surface area contributed by atoms with Crippen LogP contribution in [-0.4, -0.2) is 18.1 Å². The normalized spacial score (nSPS) is 17.5. The summed E-state index contributed by atoms with van der Waals surface area (Å²) >= 11 is 1.50. The van der Waals surface area contributed by atoms with Crippen molar-refractivity contribution in [3.63, 3.8) is 0 Å². The molecule has 3 nitrogen and oxygen atoms in total. The molecule has 2 rings (SSSR count). The van der Waals surface area contributed by atoms with Crippen molar-refractivity contribution in [2.24, 2.45) is 0 Å². The lowest BCUT2D eigenvalue weighted by molar-refractivity contribution is 0.726. The molecule has 1 aromatic rings. The predicted octanol–water partition coefficient (Wildman–Crippen LogP) is 2.40. The van der Waals surface area contributed by atoms with E-state index in [1.807, 2.05) is 0 Å². The molecule has 14 heavy (non-hydrogen) atoms. The zero-order valence-electron chi connectivity index (χ0n) is 8.07. The van der Waals surface area contributed by atoms with Gasteiger partial charge in [0.25, 0.3) is 0 Å². The third-order valence-electron chi connectivity index (χ3n) is 2.48. The van der Waals surface area contributed by atoms with E-state index < -0.39 is 0 Å². The standard InChI is InChI=1S/C10H13N3S/c11-7-9-8-12-10(14-9)13-5-3-1-2-4-6-13/h8H,1-6H2. The van der Waals surface area contributed by atoms with Crippen LogP contribution in [0.15, 0.2) is 6.20 Å². The van der Waals surface area contributed by atoms with Crippen molar-refractivity contribution >= 4 is 16.5 Å². The summed E-state index contributed by atoms with van der Waals surface area (Å²) in [5, 5.41) is 9.72. The average molecular weight is 207 g/mol. The van der Waals surface area contributed by atoms with Crippen LogP contribution in [0.4, 0.5) is 5.13 Å². The number of thiazole rings is 1. The highest BCUT2D eigenvalue weighted by Gasteiger charge is 2.12. The average Bonchev–Trinajstić information content (AvgIpc) is 2.53. The van der Waals surface area contributed by atoms with Crippen LogP contribution in [0.5, 0.6) is 0 Å². The SMILES string of the molecule is N#Cc1cnc(N2CCCCCC2)s1. The summed E-state index contributed by atoms with van der Waals surface area (Å²) in [6.45, 7) is 2.19. The monoisotopic (exact) mass is 207 g/mol. The van der Waals surface area contributed by atoms with Crippen molar-refractivity contribution in [1.29, 1.82) is 5.26 Å². The predicted molar refractivity (Wildman–Crippen MR) is 57.5 cm³/mol. The van der Waals surface area contributed by atoms with Gasteiger partial charge in [-0.1, -0.05) is 24.2 Å². The lowest BCUT2D eigenvalue weighted by Gasteiger charge is -2.18. The summed E-state index contributed by atoms with van der Waals surface area (Å²) in [5.41, 5.74) is 0. The Kier molecular flexibility index (Phi) is 3.00. The fraction of sp³-hybridized carbons (Fsp3) is 0.600. The molecule has 74 valence electrons. The maximum atomic E-state index is 8.71. The second-order valence-electron chi connectivity index (χ2n) is 3.52. The maximum Gasteiger partial charge on any atom is 0.186 e. The second-order valence-corrected chi connectivity index (χ2v) is 4.53. The highest BCUT2D eigenvalue weighted by atomic mass is 32.1. The van der Waals surface area contributed by atoms with Crippen LogP contribution < -0.4 is 4.90 Å². The van der Waals surface area contributed by atoms with Gasteiger partial charge in [0.15, 0.2) is 5.13 Å². The van der Waals surface area contributed by atoms with Gasteiger partial charge in [0, 0.05) is 13.1 Å². The molecule has 0 bridgehead atoms. The van der Waals surface area contributed by atoms with Gasteiger partial charge in [-0.05, 0) is 12.8 Å². The lowest BCUT2D eigenvalue weighted by atomic mass is 10.2. The molecule has 1 aromatic heterocycles. The highest BCUT2D eigenvalue weighted by molar-refractivity contribution is 7.16.